The molecule has 2 aromatic carbocycles. The Balaban J connectivity index is 1.81. The van der Waals surface area contributed by atoms with E-state index in [0.29, 0.717) is 30.3 Å². The molecular formula is C16H14FNO2. The van der Waals surface area contributed by atoms with Gasteiger partial charge in [0.1, 0.15) is 30.5 Å². The zero-order valence-corrected chi connectivity index (χ0v) is 11.1. The summed E-state index contributed by atoms with van der Waals surface area (Å²) in [5, 5.41) is 8.68. The minimum absolute atomic E-state index is 0.321. The van der Waals surface area contributed by atoms with Crippen LogP contribution in [0, 0.1) is 24.1 Å². The van der Waals surface area contributed by atoms with Gasteiger partial charge in [0.15, 0.2) is 0 Å². The second-order valence-electron chi connectivity index (χ2n) is 4.24. The van der Waals surface area contributed by atoms with E-state index in [1.165, 1.54) is 12.1 Å². The maximum Gasteiger partial charge on any atom is 0.126 e. The van der Waals surface area contributed by atoms with Crippen LogP contribution in [0.15, 0.2) is 42.5 Å². The molecule has 0 aliphatic carbocycles. The fourth-order valence-corrected chi connectivity index (χ4v) is 1.67. The number of hydrogen-bond acceptors (Lipinski definition) is 3. The Bertz CT molecular complexity index is 617. The highest BCUT2D eigenvalue weighted by atomic mass is 19.1. The molecule has 0 bridgehead atoms. The predicted octanol–water partition coefficient (Wildman–Crippen LogP) is 3.46. The summed E-state index contributed by atoms with van der Waals surface area (Å²) in [4.78, 5) is 0. The minimum Gasteiger partial charge on any atom is -0.490 e. The van der Waals surface area contributed by atoms with Gasteiger partial charge in [0, 0.05) is 6.07 Å². The Morgan fingerprint density at radius 2 is 1.75 bits per heavy atom. The summed E-state index contributed by atoms with van der Waals surface area (Å²) in [5.74, 6) is 0.871. The molecule has 0 unspecified atom stereocenters. The fourth-order valence-electron chi connectivity index (χ4n) is 1.67. The molecule has 0 saturated heterocycles. The highest BCUT2D eigenvalue weighted by Crippen LogP contribution is 2.18. The molecule has 0 aromatic heterocycles. The summed E-state index contributed by atoms with van der Waals surface area (Å²) >= 11 is 0. The van der Waals surface area contributed by atoms with Gasteiger partial charge < -0.3 is 9.47 Å². The molecule has 0 spiro atoms. The molecule has 102 valence electrons. The molecule has 0 N–H and O–H groups in total. The smallest absolute Gasteiger partial charge is 0.126 e. The van der Waals surface area contributed by atoms with E-state index in [2.05, 4.69) is 0 Å². The number of nitrogens with zero attached hydrogens (tertiary/aromatic N) is 1. The summed E-state index contributed by atoms with van der Waals surface area (Å²) in [5.41, 5.74) is 1.47. The summed E-state index contributed by atoms with van der Waals surface area (Å²) in [6.45, 7) is 2.53. The summed E-state index contributed by atoms with van der Waals surface area (Å²) < 4.78 is 24.0. The molecule has 0 amide bonds. The number of aryl methyl sites for hydroxylation is 1. The maximum atomic E-state index is 13.1. The van der Waals surface area contributed by atoms with Crippen molar-refractivity contribution < 1.29 is 13.9 Å². The summed E-state index contributed by atoms with van der Waals surface area (Å²) in [7, 11) is 0. The van der Waals surface area contributed by atoms with Crippen molar-refractivity contribution in [2.75, 3.05) is 13.2 Å². The highest BCUT2D eigenvalue weighted by molar-refractivity contribution is 5.34. The van der Waals surface area contributed by atoms with Gasteiger partial charge in [-0.05, 0) is 42.8 Å². The first-order valence-corrected chi connectivity index (χ1v) is 6.21. The molecule has 0 atom stereocenters. The van der Waals surface area contributed by atoms with Crippen LogP contribution in [0.1, 0.15) is 11.1 Å². The van der Waals surface area contributed by atoms with Crippen LogP contribution in [0.4, 0.5) is 4.39 Å². The van der Waals surface area contributed by atoms with Gasteiger partial charge in [-0.3, -0.25) is 0 Å². The highest BCUT2D eigenvalue weighted by Gasteiger charge is 2.01. The van der Waals surface area contributed by atoms with Gasteiger partial charge in [-0.15, -0.1) is 0 Å². The molecule has 3 nitrogen and oxygen atoms in total. The molecule has 20 heavy (non-hydrogen) atoms. The van der Waals surface area contributed by atoms with Crippen molar-refractivity contribution in [2.24, 2.45) is 0 Å². The molecule has 2 aromatic rings. The van der Waals surface area contributed by atoms with Crippen LogP contribution in [0.3, 0.4) is 0 Å². The number of ether oxygens (including phenoxy) is 2. The molecule has 0 radical (unpaired) electrons. The van der Waals surface area contributed by atoms with E-state index in [-0.39, 0.29) is 5.82 Å². The van der Waals surface area contributed by atoms with Gasteiger partial charge >= 0.3 is 0 Å². The van der Waals surface area contributed by atoms with E-state index >= 15 is 0 Å². The number of benzene rings is 2. The van der Waals surface area contributed by atoms with Crippen molar-refractivity contribution in [3.8, 4) is 17.6 Å². The number of nitriles is 1. The van der Waals surface area contributed by atoms with E-state index in [9.17, 15) is 4.39 Å². The lowest BCUT2D eigenvalue weighted by Gasteiger charge is -2.10. The Morgan fingerprint density at radius 3 is 2.45 bits per heavy atom. The van der Waals surface area contributed by atoms with Gasteiger partial charge in [-0.1, -0.05) is 6.07 Å². The van der Waals surface area contributed by atoms with Crippen molar-refractivity contribution in [2.45, 2.75) is 6.92 Å². The van der Waals surface area contributed by atoms with Crippen LogP contribution in [-0.2, 0) is 0 Å². The Hall–Kier alpha value is -2.54. The topological polar surface area (TPSA) is 42.2 Å². The third kappa shape index (κ3) is 3.72. The monoisotopic (exact) mass is 271 g/mol. The first-order valence-electron chi connectivity index (χ1n) is 6.21. The molecule has 0 aliphatic heterocycles. The Labute approximate surface area is 117 Å². The SMILES string of the molecule is Cc1ccc(F)cc1OCCOc1ccc(C#N)cc1. The van der Waals surface area contributed by atoms with E-state index in [1.54, 1.807) is 30.3 Å². The molecule has 0 fully saturated rings. The average Bonchev–Trinajstić information content (AvgIpc) is 2.47. The molecule has 0 saturated carbocycles. The second-order valence-corrected chi connectivity index (χ2v) is 4.24. The van der Waals surface area contributed by atoms with Crippen molar-refractivity contribution in [1.82, 2.24) is 0 Å². The Morgan fingerprint density at radius 1 is 1.05 bits per heavy atom. The van der Waals surface area contributed by atoms with Crippen LogP contribution in [-0.4, -0.2) is 13.2 Å². The molecular weight excluding hydrogens is 257 g/mol. The lowest BCUT2D eigenvalue weighted by atomic mass is 10.2. The van der Waals surface area contributed by atoms with Crippen LogP contribution in [0.5, 0.6) is 11.5 Å². The zero-order valence-electron chi connectivity index (χ0n) is 11.1. The molecule has 4 heteroatoms. The van der Waals surface area contributed by atoms with Gasteiger partial charge in [0.2, 0.25) is 0 Å². The third-order valence-electron chi connectivity index (χ3n) is 2.74. The van der Waals surface area contributed by atoms with Crippen molar-refractivity contribution >= 4 is 0 Å². The number of hydrogen-bond donors (Lipinski definition) is 0. The number of rotatable bonds is 5. The lowest BCUT2D eigenvalue weighted by molar-refractivity contribution is 0.216. The normalized spacial score (nSPS) is 9.85. The van der Waals surface area contributed by atoms with Gasteiger partial charge in [-0.2, -0.15) is 5.26 Å². The van der Waals surface area contributed by atoms with Crippen LogP contribution in [0.25, 0.3) is 0 Å². The largest absolute Gasteiger partial charge is 0.490 e. The van der Waals surface area contributed by atoms with Crippen LogP contribution < -0.4 is 9.47 Å². The average molecular weight is 271 g/mol. The quantitative estimate of drug-likeness (QED) is 0.782. The molecule has 0 aliphatic rings. The van der Waals surface area contributed by atoms with Gasteiger partial charge in [-0.25, -0.2) is 4.39 Å². The molecule has 0 heterocycles. The summed E-state index contributed by atoms with van der Waals surface area (Å²) in [6.07, 6.45) is 0. The van der Waals surface area contributed by atoms with Crippen molar-refractivity contribution in [1.29, 1.82) is 5.26 Å². The second kappa shape index (κ2) is 6.58. The Kier molecular flexibility index (Phi) is 4.56. The van der Waals surface area contributed by atoms with E-state index in [4.69, 9.17) is 14.7 Å². The lowest BCUT2D eigenvalue weighted by Crippen LogP contribution is -2.09. The van der Waals surface area contributed by atoms with E-state index in [0.717, 1.165) is 5.56 Å². The van der Waals surface area contributed by atoms with Crippen molar-refractivity contribution in [3.05, 3.63) is 59.4 Å². The van der Waals surface area contributed by atoms with Crippen LogP contribution in [0.2, 0.25) is 0 Å². The first-order chi connectivity index (χ1) is 9.69. The van der Waals surface area contributed by atoms with E-state index < -0.39 is 0 Å². The van der Waals surface area contributed by atoms with Gasteiger partial charge in [0.05, 0.1) is 11.6 Å². The van der Waals surface area contributed by atoms with Crippen molar-refractivity contribution in [3.63, 3.8) is 0 Å². The fraction of sp³-hybridized carbons (Fsp3) is 0.188. The standard InChI is InChI=1S/C16H14FNO2/c1-12-2-5-14(17)10-16(12)20-9-8-19-15-6-3-13(11-18)4-7-15/h2-7,10H,8-9H2,1H3. The first kappa shape index (κ1) is 13.9. The number of halogens is 1. The third-order valence-corrected chi connectivity index (χ3v) is 2.74. The minimum atomic E-state index is -0.321. The van der Waals surface area contributed by atoms with Crippen LogP contribution >= 0.6 is 0 Å². The maximum absolute atomic E-state index is 13.1. The van der Waals surface area contributed by atoms with E-state index in [1.807, 2.05) is 13.0 Å². The summed E-state index contributed by atoms with van der Waals surface area (Å²) in [6, 6.07) is 13.3. The van der Waals surface area contributed by atoms with Gasteiger partial charge in [0.25, 0.3) is 0 Å². The molecule has 2 rings (SSSR count). The predicted molar refractivity (Wildman–Crippen MR) is 73.3 cm³/mol. The zero-order chi connectivity index (χ0) is 14.4.